The van der Waals surface area contributed by atoms with E-state index in [2.05, 4.69) is 9.97 Å². The Morgan fingerprint density at radius 1 is 1.29 bits per heavy atom. The van der Waals surface area contributed by atoms with Crippen molar-refractivity contribution in [2.24, 2.45) is 5.73 Å². The van der Waals surface area contributed by atoms with Gasteiger partial charge in [-0.1, -0.05) is 37.4 Å². The van der Waals surface area contributed by atoms with E-state index in [1.807, 2.05) is 0 Å². The van der Waals surface area contributed by atoms with Gasteiger partial charge in [0.1, 0.15) is 0 Å². The maximum Gasteiger partial charge on any atom is 0.251 e. The predicted octanol–water partition coefficient (Wildman–Crippen LogP) is 1.91. The van der Waals surface area contributed by atoms with Crippen molar-refractivity contribution in [2.75, 3.05) is 0 Å². The third-order valence-corrected chi connectivity index (χ3v) is 4.48. The van der Waals surface area contributed by atoms with Crippen LogP contribution >= 0.6 is 11.8 Å². The highest BCUT2D eigenvalue weighted by atomic mass is 32.2. The number of hydrogen-bond acceptors (Lipinski definition) is 4. The Morgan fingerprint density at radius 3 is 2.82 bits per heavy atom. The van der Waals surface area contributed by atoms with E-state index in [1.165, 1.54) is 31.7 Å². The molecule has 0 aliphatic heterocycles. The molecule has 2 unspecified atom stereocenters. The summed E-state index contributed by atoms with van der Waals surface area (Å²) in [4.78, 5) is 18.1. The van der Waals surface area contributed by atoms with Crippen LogP contribution in [0.15, 0.2) is 22.2 Å². The average Bonchev–Trinajstić information content (AvgIpc) is 2.29. The minimum absolute atomic E-state index is 0.0954. The van der Waals surface area contributed by atoms with E-state index < -0.39 is 0 Å². The molecule has 1 saturated carbocycles. The third kappa shape index (κ3) is 3.85. The molecule has 2 atom stereocenters. The first-order valence-electron chi connectivity index (χ1n) is 6.23. The van der Waals surface area contributed by atoms with Crippen molar-refractivity contribution in [1.82, 2.24) is 9.97 Å². The Balaban J connectivity index is 2.02. The second kappa shape index (κ2) is 6.21. The molecule has 1 aliphatic rings. The lowest BCUT2D eigenvalue weighted by atomic mass is 9.97. The molecule has 94 valence electrons. The van der Waals surface area contributed by atoms with E-state index in [0.29, 0.717) is 10.4 Å². The number of nitrogens with two attached hydrogens (primary N) is 1. The van der Waals surface area contributed by atoms with Crippen molar-refractivity contribution in [1.29, 1.82) is 0 Å². The molecular formula is C12H19N3OS. The highest BCUT2D eigenvalue weighted by molar-refractivity contribution is 7.99. The largest absolute Gasteiger partial charge is 0.327 e. The van der Waals surface area contributed by atoms with Gasteiger partial charge >= 0.3 is 0 Å². The lowest BCUT2D eigenvalue weighted by molar-refractivity contribution is 0.463. The molecule has 0 bridgehead atoms. The van der Waals surface area contributed by atoms with E-state index in [-0.39, 0.29) is 11.6 Å². The molecule has 1 aromatic rings. The summed E-state index contributed by atoms with van der Waals surface area (Å²) in [5.41, 5.74) is 6.10. The molecular weight excluding hydrogens is 234 g/mol. The van der Waals surface area contributed by atoms with Crippen LogP contribution in [0.5, 0.6) is 0 Å². The number of aromatic amines is 1. The molecule has 0 aromatic carbocycles. The zero-order valence-electron chi connectivity index (χ0n) is 9.89. The highest BCUT2D eigenvalue weighted by Crippen LogP contribution is 2.29. The number of hydrogen-bond donors (Lipinski definition) is 2. The smallest absolute Gasteiger partial charge is 0.251 e. The fourth-order valence-corrected chi connectivity index (χ4v) is 3.34. The topological polar surface area (TPSA) is 71.8 Å². The van der Waals surface area contributed by atoms with Crippen LogP contribution in [0.25, 0.3) is 0 Å². The molecule has 0 radical (unpaired) electrons. The van der Waals surface area contributed by atoms with Gasteiger partial charge < -0.3 is 10.7 Å². The summed E-state index contributed by atoms with van der Waals surface area (Å²) in [6.07, 6.45) is 8.78. The van der Waals surface area contributed by atoms with E-state index in [0.717, 1.165) is 12.8 Å². The quantitative estimate of drug-likeness (QED) is 0.790. The van der Waals surface area contributed by atoms with E-state index >= 15 is 0 Å². The van der Waals surface area contributed by atoms with Gasteiger partial charge in [0.25, 0.3) is 5.56 Å². The number of rotatable bonds is 2. The van der Waals surface area contributed by atoms with Gasteiger partial charge in [-0.2, -0.15) is 0 Å². The number of H-pyrrole nitrogens is 1. The van der Waals surface area contributed by atoms with Crippen LogP contribution in [0.3, 0.4) is 0 Å². The first kappa shape index (κ1) is 12.6. The summed E-state index contributed by atoms with van der Waals surface area (Å²) < 4.78 is 0. The van der Waals surface area contributed by atoms with Gasteiger partial charge in [0.15, 0.2) is 5.16 Å². The Bertz CT molecular complexity index is 407. The first-order valence-corrected chi connectivity index (χ1v) is 7.11. The Kier molecular flexibility index (Phi) is 4.62. The summed E-state index contributed by atoms with van der Waals surface area (Å²) in [5, 5.41) is 1.07. The Morgan fingerprint density at radius 2 is 2.06 bits per heavy atom. The zero-order valence-corrected chi connectivity index (χ0v) is 10.7. The van der Waals surface area contributed by atoms with Gasteiger partial charge in [0.05, 0.1) is 0 Å². The van der Waals surface area contributed by atoms with Crippen molar-refractivity contribution in [3.8, 4) is 0 Å². The molecule has 1 heterocycles. The first-order chi connectivity index (χ1) is 8.25. The van der Waals surface area contributed by atoms with Crippen LogP contribution in [0.4, 0.5) is 0 Å². The zero-order chi connectivity index (χ0) is 12.1. The predicted molar refractivity (Wildman–Crippen MR) is 70.2 cm³/mol. The van der Waals surface area contributed by atoms with Crippen molar-refractivity contribution < 1.29 is 0 Å². The van der Waals surface area contributed by atoms with Gasteiger partial charge in [-0.15, -0.1) is 0 Å². The van der Waals surface area contributed by atoms with Gasteiger partial charge in [-0.3, -0.25) is 4.79 Å². The Hall–Kier alpha value is -0.810. The second-order valence-electron chi connectivity index (χ2n) is 4.55. The molecule has 3 N–H and O–H groups in total. The summed E-state index contributed by atoms with van der Waals surface area (Å²) in [6.45, 7) is 0. The summed E-state index contributed by atoms with van der Waals surface area (Å²) in [7, 11) is 0. The third-order valence-electron chi connectivity index (χ3n) is 3.16. The second-order valence-corrected chi connectivity index (χ2v) is 5.78. The number of nitrogens with zero attached hydrogens (tertiary/aromatic N) is 1. The summed E-state index contributed by atoms with van der Waals surface area (Å²) in [5.74, 6) is 0. The molecule has 2 rings (SSSR count). The van der Waals surface area contributed by atoms with Crippen molar-refractivity contribution in [3.63, 3.8) is 0 Å². The molecule has 17 heavy (non-hydrogen) atoms. The van der Waals surface area contributed by atoms with Crippen molar-refractivity contribution >= 4 is 11.8 Å². The minimum Gasteiger partial charge on any atom is -0.327 e. The molecule has 1 aliphatic carbocycles. The van der Waals surface area contributed by atoms with E-state index in [9.17, 15) is 4.79 Å². The SMILES string of the molecule is NC1CCCCCCC1Sc1nccc(=O)[nH]1. The van der Waals surface area contributed by atoms with Gasteiger partial charge in [-0.05, 0) is 12.8 Å². The number of thioether (sulfide) groups is 1. The fourth-order valence-electron chi connectivity index (χ4n) is 2.18. The Labute approximate surface area is 105 Å². The molecule has 0 amide bonds. The lowest BCUT2D eigenvalue weighted by Gasteiger charge is -2.25. The fraction of sp³-hybridized carbons (Fsp3) is 0.667. The van der Waals surface area contributed by atoms with Crippen LogP contribution in [-0.4, -0.2) is 21.3 Å². The van der Waals surface area contributed by atoms with Crippen LogP contribution in [0.1, 0.15) is 38.5 Å². The number of aromatic nitrogens is 2. The van der Waals surface area contributed by atoms with Crippen LogP contribution in [0.2, 0.25) is 0 Å². The maximum absolute atomic E-state index is 11.2. The van der Waals surface area contributed by atoms with Crippen LogP contribution < -0.4 is 11.3 Å². The monoisotopic (exact) mass is 253 g/mol. The van der Waals surface area contributed by atoms with E-state index in [1.54, 1.807) is 18.0 Å². The summed E-state index contributed by atoms with van der Waals surface area (Å²) >= 11 is 1.62. The van der Waals surface area contributed by atoms with E-state index in [4.69, 9.17) is 5.73 Å². The normalized spacial score (nSPS) is 26.2. The van der Waals surface area contributed by atoms with Crippen LogP contribution in [0, 0.1) is 0 Å². The van der Waals surface area contributed by atoms with Crippen molar-refractivity contribution in [3.05, 3.63) is 22.6 Å². The van der Waals surface area contributed by atoms with Crippen LogP contribution in [-0.2, 0) is 0 Å². The van der Waals surface area contributed by atoms with Gasteiger partial charge in [0, 0.05) is 23.6 Å². The standard InChI is InChI=1S/C12H19N3OS/c13-9-5-3-1-2-4-6-10(9)17-12-14-8-7-11(16)15-12/h7-10H,1-6,13H2,(H,14,15,16). The molecule has 0 spiro atoms. The van der Waals surface area contributed by atoms with Gasteiger partial charge in [0.2, 0.25) is 0 Å². The molecule has 5 heteroatoms. The molecule has 1 aromatic heterocycles. The maximum atomic E-state index is 11.2. The summed E-state index contributed by atoms with van der Waals surface area (Å²) in [6, 6.07) is 1.65. The lowest BCUT2D eigenvalue weighted by Crippen LogP contribution is -2.33. The molecule has 0 saturated heterocycles. The highest BCUT2D eigenvalue weighted by Gasteiger charge is 2.21. The molecule has 1 fully saturated rings. The minimum atomic E-state index is -0.0954. The number of nitrogens with one attached hydrogen (secondary N) is 1. The van der Waals surface area contributed by atoms with Crippen molar-refractivity contribution in [2.45, 2.75) is 55.0 Å². The molecule has 4 nitrogen and oxygen atoms in total. The average molecular weight is 253 g/mol. The van der Waals surface area contributed by atoms with Gasteiger partial charge in [-0.25, -0.2) is 4.98 Å².